The van der Waals surface area contributed by atoms with Gasteiger partial charge in [0.2, 0.25) is 0 Å². The molecule has 5 aromatic rings. The maximum atomic E-state index is 14.0. The number of rotatable bonds is 7. The molecule has 0 radical (unpaired) electrons. The third kappa shape index (κ3) is 6.61. The molecule has 2 aromatic heterocycles. The van der Waals surface area contributed by atoms with E-state index in [1.165, 1.54) is 16.2 Å². The fourth-order valence-electron chi connectivity index (χ4n) is 6.68. The van der Waals surface area contributed by atoms with E-state index in [1.807, 2.05) is 48.2 Å². The second-order valence-corrected chi connectivity index (χ2v) is 15.3. The first-order valence-corrected chi connectivity index (χ1v) is 18.4. The van der Waals surface area contributed by atoms with Gasteiger partial charge in [0.1, 0.15) is 5.82 Å². The van der Waals surface area contributed by atoms with E-state index in [2.05, 4.69) is 10.6 Å². The van der Waals surface area contributed by atoms with E-state index in [0.717, 1.165) is 62.7 Å². The average Bonchev–Trinajstić information content (AvgIpc) is 3.75. The van der Waals surface area contributed by atoms with Gasteiger partial charge in [-0.1, -0.05) is 71.2 Å². The van der Waals surface area contributed by atoms with Gasteiger partial charge in [0.25, 0.3) is 10.0 Å². The van der Waals surface area contributed by atoms with E-state index in [-0.39, 0.29) is 28.0 Å². The number of hydrogen-bond donors (Lipinski definition) is 2. The number of aromatic nitrogens is 3. The quantitative estimate of drug-likeness (QED) is 0.177. The highest BCUT2D eigenvalue weighted by Crippen LogP contribution is 2.39. The Balaban J connectivity index is 1.29. The Kier molecular flexibility index (Phi) is 9.06. The zero-order valence-corrected chi connectivity index (χ0v) is 28.8. The number of aryl methyl sites for hydroxylation is 1. The minimum atomic E-state index is -4.04. The van der Waals surface area contributed by atoms with Crippen LogP contribution in [0, 0.1) is 6.92 Å². The Morgan fingerprint density at radius 1 is 0.896 bits per heavy atom. The summed E-state index contributed by atoms with van der Waals surface area (Å²) in [6, 6.07) is 21.7. The number of amides is 2. The zero-order chi connectivity index (χ0) is 33.4. The Bertz CT molecular complexity index is 2080. The van der Waals surface area contributed by atoms with Gasteiger partial charge >= 0.3 is 6.03 Å². The molecule has 1 aliphatic carbocycles. The summed E-state index contributed by atoms with van der Waals surface area (Å²) in [5.74, 6) is 0.931. The minimum absolute atomic E-state index is 0.0168. The topological polar surface area (TPSA) is 109 Å². The Morgan fingerprint density at radius 2 is 1.62 bits per heavy atom. The number of halogens is 2. The smallest absolute Gasteiger partial charge is 0.317 e. The molecule has 2 amide bonds. The first-order valence-electron chi connectivity index (χ1n) is 16.2. The number of hydrogen-bond acceptors (Lipinski definition) is 6. The molecule has 248 valence electrons. The van der Waals surface area contributed by atoms with Crippen LogP contribution in [0.3, 0.4) is 0 Å². The molecule has 1 aliphatic heterocycles. The molecule has 1 saturated heterocycles. The number of nitrogens with zero attached hydrogens (tertiary/aromatic N) is 4. The number of anilines is 1. The van der Waals surface area contributed by atoms with E-state index < -0.39 is 10.0 Å². The van der Waals surface area contributed by atoms with Crippen molar-refractivity contribution in [2.45, 2.75) is 62.4 Å². The summed E-state index contributed by atoms with van der Waals surface area (Å²) in [7, 11) is -4.04. The number of urea groups is 1. The van der Waals surface area contributed by atoms with Crippen molar-refractivity contribution in [3.05, 3.63) is 94.6 Å². The van der Waals surface area contributed by atoms with Crippen molar-refractivity contribution in [2.75, 3.05) is 18.4 Å². The zero-order valence-electron chi connectivity index (χ0n) is 26.5. The molecule has 0 bridgehead atoms. The van der Waals surface area contributed by atoms with E-state index in [9.17, 15) is 13.2 Å². The lowest BCUT2D eigenvalue weighted by atomic mass is 9.91. The van der Waals surface area contributed by atoms with Gasteiger partial charge in [-0.25, -0.2) is 27.2 Å². The monoisotopic (exact) mass is 702 g/mol. The molecule has 3 aromatic carbocycles. The van der Waals surface area contributed by atoms with Crippen molar-refractivity contribution in [1.29, 1.82) is 0 Å². The van der Waals surface area contributed by atoms with Gasteiger partial charge in [-0.15, -0.1) is 0 Å². The summed E-state index contributed by atoms with van der Waals surface area (Å²) < 4.78 is 29.3. The van der Waals surface area contributed by atoms with Gasteiger partial charge in [0, 0.05) is 59.0 Å². The Morgan fingerprint density at radius 3 is 2.38 bits per heavy atom. The molecule has 2 atom stereocenters. The Labute approximate surface area is 290 Å². The molecule has 3 heterocycles. The lowest BCUT2D eigenvalue weighted by molar-refractivity contribution is 0.200. The lowest BCUT2D eigenvalue weighted by Gasteiger charge is -2.32. The molecule has 1 saturated carbocycles. The molecule has 48 heavy (non-hydrogen) atoms. The summed E-state index contributed by atoms with van der Waals surface area (Å²) in [4.78, 5) is 24.7. The van der Waals surface area contributed by atoms with Gasteiger partial charge in [-0.3, -0.25) is 0 Å². The molecule has 0 spiro atoms. The molecule has 2 N–H and O–H groups in total. The standard InChI is InChI=1S/C36H36Cl2N6O3S/c1-23-12-14-28(15-13-23)48(46,47)44-22-30(29-18-25(37)19-31(38)34(29)44)35-41-32(24-8-3-2-4-9-24)21-33(42-35)39-26-10-7-11-27(20-26)40-36(45)43-16-5-6-17-43/h2-4,8-9,12-15,18-19,21-22,26-27H,5-7,10-11,16-17,20H2,1H3,(H,40,45)(H,39,41,42)/t26-,27+/m1/s1. The van der Waals surface area contributed by atoms with Crippen LogP contribution in [-0.4, -0.2) is 58.5 Å². The van der Waals surface area contributed by atoms with Crippen LogP contribution in [0.5, 0.6) is 0 Å². The van der Waals surface area contributed by atoms with E-state index in [4.69, 9.17) is 33.2 Å². The van der Waals surface area contributed by atoms with E-state index in [0.29, 0.717) is 38.8 Å². The molecular formula is C36H36Cl2N6O3S. The van der Waals surface area contributed by atoms with Crippen molar-refractivity contribution in [2.24, 2.45) is 0 Å². The van der Waals surface area contributed by atoms with E-state index >= 15 is 0 Å². The summed E-state index contributed by atoms with van der Waals surface area (Å²) in [6.07, 6.45) is 7.22. The van der Waals surface area contributed by atoms with Crippen molar-refractivity contribution >= 4 is 56.0 Å². The van der Waals surface area contributed by atoms with Crippen LogP contribution in [0.25, 0.3) is 33.5 Å². The van der Waals surface area contributed by atoms with Gasteiger partial charge in [0.05, 0.1) is 21.1 Å². The normalized spacial score (nSPS) is 18.3. The summed E-state index contributed by atoms with van der Waals surface area (Å²) in [5, 5.41) is 7.94. The van der Waals surface area contributed by atoms with Gasteiger partial charge in [0.15, 0.2) is 5.82 Å². The number of carbonyl (C=O) groups excluding carboxylic acids is 1. The molecule has 2 fully saturated rings. The van der Waals surface area contributed by atoms with Gasteiger partial charge in [-0.2, -0.15) is 0 Å². The minimum Gasteiger partial charge on any atom is -0.367 e. The average molecular weight is 704 g/mol. The molecule has 7 rings (SSSR count). The summed E-state index contributed by atoms with van der Waals surface area (Å²) >= 11 is 13.2. The number of likely N-dealkylation sites (tertiary alicyclic amines) is 1. The van der Waals surface area contributed by atoms with E-state index in [1.54, 1.807) is 30.3 Å². The van der Waals surface area contributed by atoms with Crippen LogP contribution in [0.15, 0.2) is 83.9 Å². The van der Waals surface area contributed by atoms with Crippen molar-refractivity contribution in [1.82, 2.24) is 24.2 Å². The number of carbonyl (C=O) groups is 1. The molecule has 12 heteroatoms. The van der Waals surface area contributed by atoms with Gasteiger partial charge in [-0.05, 0) is 69.7 Å². The molecular weight excluding hydrogens is 667 g/mol. The Hall–Kier alpha value is -4.12. The van der Waals surface area contributed by atoms with Crippen molar-refractivity contribution in [3.8, 4) is 22.6 Å². The first-order chi connectivity index (χ1) is 23.2. The largest absolute Gasteiger partial charge is 0.367 e. The maximum Gasteiger partial charge on any atom is 0.317 e. The fourth-order valence-corrected chi connectivity index (χ4v) is 8.71. The first kappa shape index (κ1) is 32.4. The highest BCUT2D eigenvalue weighted by atomic mass is 35.5. The summed E-state index contributed by atoms with van der Waals surface area (Å²) in [6.45, 7) is 3.52. The highest BCUT2D eigenvalue weighted by Gasteiger charge is 2.28. The van der Waals surface area contributed by atoms with Crippen LogP contribution >= 0.6 is 23.2 Å². The maximum absolute atomic E-state index is 14.0. The second-order valence-electron chi connectivity index (χ2n) is 12.6. The molecule has 2 aliphatic rings. The van der Waals surface area contributed by atoms with Crippen molar-refractivity contribution in [3.63, 3.8) is 0 Å². The second kappa shape index (κ2) is 13.4. The van der Waals surface area contributed by atoms with Crippen LogP contribution in [0.1, 0.15) is 44.1 Å². The SMILES string of the molecule is Cc1ccc(S(=O)(=O)n2cc(-c3nc(N[C@@H]4CCC[C@H](NC(=O)N5CCCC5)C4)cc(-c4ccccc4)n3)c3cc(Cl)cc(Cl)c32)cc1. The number of benzene rings is 3. The third-order valence-corrected chi connectivity index (χ3v) is 11.3. The summed E-state index contributed by atoms with van der Waals surface area (Å²) in [5.41, 5.74) is 3.28. The van der Waals surface area contributed by atoms with Crippen LogP contribution in [0.4, 0.5) is 10.6 Å². The van der Waals surface area contributed by atoms with Crippen LogP contribution < -0.4 is 10.6 Å². The van der Waals surface area contributed by atoms with Crippen molar-refractivity contribution < 1.29 is 13.2 Å². The number of nitrogens with one attached hydrogen (secondary N) is 2. The predicted molar refractivity (Wildman–Crippen MR) is 191 cm³/mol. The lowest BCUT2D eigenvalue weighted by Crippen LogP contribution is -2.47. The molecule has 0 unspecified atom stereocenters. The fraction of sp³-hybridized carbons (Fsp3) is 0.306. The van der Waals surface area contributed by atoms with Crippen LogP contribution in [0.2, 0.25) is 10.0 Å². The van der Waals surface area contributed by atoms with Crippen LogP contribution in [-0.2, 0) is 10.0 Å². The predicted octanol–water partition coefficient (Wildman–Crippen LogP) is 8.15. The molecule has 9 nitrogen and oxygen atoms in total. The third-order valence-electron chi connectivity index (χ3n) is 9.15. The highest BCUT2D eigenvalue weighted by molar-refractivity contribution is 7.90. The van der Waals surface area contributed by atoms with Gasteiger partial charge < -0.3 is 15.5 Å². The number of fused-ring (bicyclic) bond motifs is 1.